The van der Waals surface area contributed by atoms with Crippen LogP contribution in [-0.4, -0.2) is 28.2 Å². The van der Waals surface area contributed by atoms with Crippen molar-refractivity contribution in [3.63, 3.8) is 0 Å². The second-order valence-corrected chi connectivity index (χ2v) is 5.95. The Morgan fingerprint density at radius 3 is 2.50 bits per heavy atom. The highest BCUT2D eigenvalue weighted by molar-refractivity contribution is 7.99. The summed E-state index contributed by atoms with van der Waals surface area (Å²) in [6, 6.07) is 13.0. The van der Waals surface area contributed by atoms with Gasteiger partial charge in [0.2, 0.25) is 5.89 Å². The zero-order valence-electron chi connectivity index (χ0n) is 12.8. The molecule has 1 atom stereocenters. The van der Waals surface area contributed by atoms with Crippen LogP contribution in [0.4, 0.5) is 4.39 Å². The van der Waals surface area contributed by atoms with Gasteiger partial charge in [0.1, 0.15) is 11.6 Å². The maximum atomic E-state index is 12.9. The number of ether oxygens (including phenoxy) is 1. The van der Waals surface area contributed by atoms with Crippen LogP contribution >= 0.6 is 11.8 Å². The first-order valence-corrected chi connectivity index (χ1v) is 8.18. The van der Waals surface area contributed by atoms with E-state index in [2.05, 4.69) is 10.2 Å². The fraction of sp³-hybridized carbons (Fsp3) is 0.176. The van der Waals surface area contributed by atoms with Gasteiger partial charge in [-0.2, -0.15) is 0 Å². The summed E-state index contributed by atoms with van der Waals surface area (Å²) < 4.78 is 23.6. The quantitative estimate of drug-likeness (QED) is 0.686. The monoisotopic (exact) mass is 346 g/mol. The third-order valence-corrected chi connectivity index (χ3v) is 4.26. The van der Waals surface area contributed by atoms with Crippen molar-refractivity contribution in [2.75, 3.05) is 12.9 Å². The van der Waals surface area contributed by atoms with Crippen molar-refractivity contribution in [3.05, 3.63) is 59.9 Å². The van der Waals surface area contributed by atoms with Gasteiger partial charge in [-0.3, -0.25) is 0 Å². The Bertz CT molecular complexity index is 790. The van der Waals surface area contributed by atoms with Crippen LogP contribution in [0.1, 0.15) is 11.7 Å². The van der Waals surface area contributed by atoms with Crippen LogP contribution in [0, 0.1) is 5.82 Å². The molecule has 0 spiro atoms. The van der Waals surface area contributed by atoms with Crippen LogP contribution < -0.4 is 4.74 Å². The normalized spacial score (nSPS) is 12.1. The van der Waals surface area contributed by atoms with E-state index in [0.29, 0.717) is 22.4 Å². The van der Waals surface area contributed by atoms with Crippen LogP contribution in [0.15, 0.2) is 58.2 Å². The largest absolute Gasteiger partial charge is 0.497 e. The lowest BCUT2D eigenvalue weighted by Crippen LogP contribution is -2.00. The average molecular weight is 346 g/mol. The van der Waals surface area contributed by atoms with Crippen molar-refractivity contribution in [2.24, 2.45) is 0 Å². The molecule has 0 aliphatic carbocycles. The number of aliphatic hydroxyl groups excluding tert-OH is 1. The Morgan fingerprint density at radius 1 is 1.12 bits per heavy atom. The molecule has 0 unspecified atom stereocenters. The van der Waals surface area contributed by atoms with E-state index in [0.717, 1.165) is 11.3 Å². The first-order chi connectivity index (χ1) is 11.7. The first kappa shape index (κ1) is 16.5. The predicted octanol–water partition coefficient (Wildman–Crippen LogP) is 3.71. The average Bonchev–Trinajstić information content (AvgIpc) is 3.09. The maximum Gasteiger partial charge on any atom is 0.276 e. The summed E-state index contributed by atoms with van der Waals surface area (Å²) in [6.07, 6.45) is -0.744. The van der Waals surface area contributed by atoms with Crippen molar-refractivity contribution < 1.29 is 18.7 Å². The molecule has 0 saturated carbocycles. The molecule has 3 rings (SSSR count). The zero-order valence-corrected chi connectivity index (χ0v) is 13.7. The molecule has 1 N–H and O–H groups in total. The predicted molar refractivity (Wildman–Crippen MR) is 88.4 cm³/mol. The first-order valence-electron chi connectivity index (χ1n) is 7.20. The van der Waals surface area contributed by atoms with Crippen molar-refractivity contribution in [3.8, 4) is 17.2 Å². The molecule has 0 aliphatic heterocycles. The Balaban J connectivity index is 1.62. The molecule has 3 aromatic rings. The standard InChI is InChI=1S/C17H15FN2O3S/c1-22-14-8-4-12(5-9-14)16-19-20-17(23-16)24-10-15(21)11-2-6-13(18)7-3-11/h2-9,15,21H,10H2,1H3/t15-/m0/s1. The van der Waals surface area contributed by atoms with E-state index in [9.17, 15) is 9.50 Å². The van der Waals surface area contributed by atoms with Crippen LogP contribution in [0.3, 0.4) is 0 Å². The van der Waals surface area contributed by atoms with Gasteiger partial charge in [0.15, 0.2) is 0 Å². The molecule has 0 saturated heterocycles. The SMILES string of the molecule is COc1ccc(-c2nnc(SC[C@H](O)c3ccc(F)cc3)o2)cc1. The molecule has 0 radical (unpaired) electrons. The summed E-state index contributed by atoms with van der Waals surface area (Å²) in [4.78, 5) is 0. The summed E-state index contributed by atoms with van der Waals surface area (Å²) in [5, 5.41) is 18.4. The number of thioether (sulfide) groups is 1. The van der Waals surface area contributed by atoms with Gasteiger partial charge < -0.3 is 14.3 Å². The highest BCUT2D eigenvalue weighted by Crippen LogP contribution is 2.27. The van der Waals surface area contributed by atoms with Crippen molar-refractivity contribution in [1.82, 2.24) is 10.2 Å². The molecule has 1 heterocycles. The Morgan fingerprint density at radius 2 is 1.83 bits per heavy atom. The molecule has 2 aromatic carbocycles. The zero-order chi connectivity index (χ0) is 16.9. The van der Waals surface area contributed by atoms with Crippen LogP contribution in [0.2, 0.25) is 0 Å². The Kier molecular flexibility index (Phi) is 5.12. The van der Waals surface area contributed by atoms with Gasteiger partial charge >= 0.3 is 0 Å². The number of hydrogen-bond acceptors (Lipinski definition) is 6. The number of halogens is 1. The molecule has 0 aliphatic rings. The van der Waals surface area contributed by atoms with Gasteiger partial charge in [-0.05, 0) is 42.0 Å². The second-order valence-electron chi connectivity index (χ2n) is 4.98. The van der Waals surface area contributed by atoms with E-state index in [-0.39, 0.29) is 5.82 Å². The summed E-state index contributed by atoms with van der Waals surface area (Å²) in [5.74, 6) is 1.14. The van der Waals surface area contributed by atoms with Crippen LogP contribution in [-0.2, 0) is 0 Å². The number of methoxy groups -OCH3 is 1. The summed E-state index contributed by atoms with van der Waals surface area (Å²) in [7, 11) is 1.60. The van der Waals surface area contributed by atoms with E-state index in [1.165, 1.54) is 23.9 Å². The van der Waals surface area contributed by atoms with Gasteiger partial charge in [0, 0.05) is 11.3 Å². The van der Waals surface area contributed by atoms with E-state index in [4.69, 9.17) is 9.15 Å². The molecule has 0 fully saturated rings. The molecule has 124 valence electrons. The maximum absolute atomic E-state index is 12.9. The van der Waals surface area contributed by atoms with Crippen molar-refractivity contribution >= 4 is 11.8 Å². The smallest absolute Gasteiger partial charge is 0.276 e. The minimum Gasteiger partial charge on any atom is -0.497 e. The minimum absolute atomic E-state index is 0.329. The van der Waals surface area contributed by atoms with E-state index >= 15 is 0 Å². The molecule has 7 heteroatoms. The molecular formula is C17H15FN2O3S. The fourth-order valence-electron chi connectivity index (χ4n) is 2.05. The van der Waals surface area contributed by atoms with Crippen LogP contribution in [0.25, 0.3) is 11.5 Å². The Hall–Kier alpha value is -2.38. The number of aliphatic hydroxyl groups is 1. The molecular weight excluding hydrogens is 331 g/mol. The second kappa shape index (κ2) is 7.46. The van der Waals surface area contributed by atoms with E-state index in [1.54, 1.807) is 19.2 Å². The van der Waals surface area contributed by atoms with Gasteiger partial charge in [0.05, 0.1) is 13.2 Å². The number of rotatable bonds is 6. The molecule has 0 bridgehead atoms. The lowest BCUT2D eigenvalue weighted by atomic mass is 10.1. The van der Waals surface area contributed by atoms with Crippen molar-refractivity contribution in [2.45, 2.75) is 11.3 Å². The van der Waals surface area contributed by atoms with Gasteiger partial charge in [-0.15, -0.1) is 10.2 Å². The summed E-state index contributed by atoms with van der Waals surface area (Å²) in [5.41, 5.74) is 1.42. The Labute approximate surface area is 142 Å². The highest BCUT2D eigenvalue weighted by Gasteiger charge is 2.13. The topological polar surface area (TPSA) is 68.4 Å². The molecule has 1 aromatic heterocycles. The number of hydrogen-bond donors (Lipinski definition) is 1. The van der Waals surface area contributed by atoms with E-state index in [1.807, 2.05) is 24.3 Å². The summed E-state index contributed by atoms with van der Waals surface area (Å²) >= 11 is 1.24. The number of aromatic nitrogens is 2. The summed E-state index contributed by atoms with van der Waals surface area (Å²) in [6.45, 7) is 0. The third-order valence-electron chi connectivity index (χ3n) is 3.36. The van der Waals surface area contributed by atoms with Crippen LogP contribution in [0.5, 0.6) is 5.75 Å². The fourth-order valence-corrected chi connectivity index (χ4v) is 2.78. The molecule has 24 heavy (non-hydrogen) atoms. The minimum atomic E-state index is -0.744. The van der Waals surface area contributed by atoms with Gasteiger partial charge in [0.25, 0.3) is 5.22 Å². The lowest BCUT2D eigenvalue weighted by molar-refractivity contribution is 0.203. The van der Waals surface area contributed by atoms with E-state index < -0.39 is 6.10 Å². The molecule has 5 nitrogen and oxygen atoms in total. The number of benzene rings is 2. The van der Waals surface area contributed by atoms with Gasteiger partial charge in [-0.1, -0.05) is 23.9 Å². The highest BCUT2D eigenvalue weighted by atomic mass is 32.2. The number of nitrogens with zero attached hydrogens (tertiary/aromatic N) is 2. The lowest BCUT2D eigenvalue weighted by Gasteiger charge is -2.08. The third kappa shape index (κ3) is 3.93. The molecule has 0 amide bonds. The van der Waals surface area contributed by atoms with Crippen molar-refractivity contribution in [1.29, 1.82) is 0 Å². The van der Waals surface area contributed by atoms with Gasteiger partial charge in [-0.25, -0.2) is 4.39 Å².